The van der Waals surface area contributed by atoms with Gasteiger partial charge in [0, 0.05) is 10.6 Å². The van der Waals surface area contributed by atoms with Crippen LogP contribution in [0.4, 0.5) is 5.69 Å². The van der Waals surface area contributed by atoms with Gasteiger partial charge in [-0.25, -0.2) is 4.79 Å². The molecule has 0 saturated carbocycles. The van der Waals surface area contributed by atoms with Crippen LogP contribution in [0.1, 0.15) is 20.1 Å². The molecule has 0 aliphatic heterocycles. The van der Waals surface area contributed by atoms with Crippen LogP contribution in [-0.2, 0) is 10.5 Å². The summed E-state index contributed by atoms with van der Waals surface area (Å²) in [6.45, 7) is 1.78. The lowest BCUT2D eigenvalue weighted by atomic mass is 10.2. The first-order valence-electron chi connectivity index (χ1n) is 5.90. The number of thioether (sulfide) groups is 1. The van der Waals surface area contributed by atoms with E-state index in [1.807, 2.05) is 12.1 Å². The summed E-state index contributed by atoms with van der Waals surface area (Å²) in [5.41, 5.74) is 1.16. The summed E-state index contributed by atoms with van der Waals surface area (Å²) in [4.78, 5) is 24.2. The molecule has 0 bridgehead atoms. The van der Waals surface area contributed by atoms with Crippen LogP contribution >= 0.6 is 46.0 Å². The minimum atomic E-state index is -1.02. The summed E-state index contributed by atoms with van der Waals surface area (Å²) in [6.07, 6.45) is 0. The van der Waals surface area contributed by atoms with Crippen molar-refractivity contribution in [2.75, 3.05) is 11.1 Å². The summed E-state index contributed by atoms with van der Waals surface area (Å²) in [7, 11) is 0. The van der Waals surface area contributed by atoms with Gasteiger partial charge in [-0.1, -0.05) is 11.6 Å². The molecule has 112 valence electrons. The zero-order valence-electron chi connectivity index (χ0n) is 11.0. The molecule has 2 N–H and O–H groups in total. The standard InChI is InChI=1S/C13H12ClNO3S3/c1-7-4-20-12(13(17)18)11(7)15-10(16)6-19-5-8-2-3-9(14)21-8/h2-4H,5-6H2,1H3,(H,15,16)(H,17,18). The van der Waals surface area contributed by atoms with E-state index < -0.39 is 5.97 Å². The fourth-order valence-electron chi connectivity index (χ4n) is 1.61. The van der Waals surface area contributed by atoms with Crippen LogP contribution in [0.25, 0.3) is 0 Å². The van der Waals surface area contributed by atoms with Gasteiger partial charge in [-0.2, -0.15) is 0 Å². The monoisotopic (exact) mass is 361 g/mol. The van der Waals surface area contributed by atoms with Gasteiger partial charge in [0.15, 0.2) is 0 Å². The third kappa shape index (κ3) is 4.47. The second kappa shape index (κ2) is 7.31. The predicted molar refractivity (Wildman–Crippen MR) is 90.1 cm³/mol. The molecule has 0 radical (unpaired) electrons. The first-order valence-corrected chi connectivity index (χ1v) is 9.13. The number of carboxylic acid groups (broad SMARTS) is 1. The largest absolute Gasteiger partial charge is 0.477 e. The molecular weight excluding hydrogens is 350 g/mol. The number of carbonyl (C=O) groups excluding carboxylic acids is 1. The van der Waals surface area contributed by atoms with E-state index in [0.717, 1.165) is 26.1 Å². The molecule has 1 amide bonds. The molecule has 0 aromatic carbocycles. The Balaban J connectivity index is 1.87. The van der Waals surface area contributed by atoms with Crippen molar-refractivity contribution in [2.24, 2.45) is 0 Å². The van der Waals surface area contributed by atoms with Crippen LogP contribution in [0.3, 0.4) is 0 Å². The van der Waals surface area contributed by atoms with Crippen LogP contribution < -0.4 is 5.32 Å². The van der Waals surface area contributed by atoms with E-state index >= 15 is 0 Å². The van der Waals surface area contributed by atoms with E-state index in [2.05, 4.69) is 5.32 Å². The van der Waals surface area contributed by atoms with Crippen molar-refractivity contribution in [3.63, 3.8) is 0 Å². The normalized spacial score (nSPS) is 10.6. The van der Waals surface area contributed by atoms with Gasteiger partial charge < -0.3 is 10.4 Å². The highest BCUT2D eigenvalue weighted by Crippen LogP contribution is 2.28. The lowest BCUT2D eigenvalue weighted by Crippen LogP contribution is -2.16. The zero-order chi connectivity index (χ0) is 15.4. The fourth-order valence-corrected chi connectivity index (χ4v) is 4.47. The molecule has 0 atom stereocenters. The molecule has 4 nitrogen and oxygen atoms in total. The SMILES string of the molecule is Cc1csc(C(=O)O)c1NC(=O)CSCc1ccc(Cl)s1. The van der Waals surface area contributed by atoms with E-state index in [0.29, 0.717) is 11.4 Å². The molecule has 0 spiro atoms. The average molecular weight is 362 g/mol. The summed E-state index contributed by atoms with van der Waals surface area (Å²) in [5, 5.41) is 13.5. The Morgan fingerprint density at radius 1 is 1.43 bits per heavy atom. The van der Waals surface area contributed by atoms with Crippen LogP contribution in [0.2, 0.25) is 4.34 Å². The fraction of sp³-hybridized carbons (Fsp3) is 0.231. The van der Waals surface area contributed by atoms with Gasteiger partial charge in [0.05, 0.1) is 15.8 Å². The maximum atomic E-state index is 11.9. The molecule has 2 heterocycles. The quantitative estimate of drug-likeness (QED) is 0.803. The molecule has 2 rings (SSSR count). The highest BCUT2D eigenvalue weighted by atomic mass is 35.5. The molecular formula is C13H12ClNO3S3. The number of aryl methyl sites for hydroxylation is 1. The van der Waals surface area contributed by atoms with Crippen molar-refractivity contribution in [3.8, 4) is 0 Å². The number of halogens is 1. The van der Waals surface area contributed by atoms with E-state index in [4.69, 9.17) is 16.7 Å². The summed E-state index contributed by atoms with van der Waals surface area (Å²) < 4.78 is 0.732. The highest BCUT2D eigenvalue weighted by molar-refractivity contribution is 7.99. The number of hydrogen-bond donors (Lipinski definition) is 2. The Bertz CT molecular complexity index is 665. The van der Waals surface area contributed by atoms with E-state index in [1.54, 1.807) is 12.3 Å². The molecule has 0 aliphatic carbocycles. The average Bonchev–Trinajstić information content (AvgIpc) is 2.97. The molecule has 8 heteroatoms. The molecule has 0 unspecified atom stereocenters. The first kappa shape index (κ1) is 16.4. The van der Waals surface area contributed by atoms with Gasteiger partial charge in [0.1, 0.15) is 4.88 Å². The molecule has 0 saturated heterocycles. The van der Waals surface area contributed by atoms with Gasteiger partial charge in [0.2, 0.25) is 5.91 Å². The number of carbonyl (C=O) groups is 2. The van der Waals surface area contributed by atoms with Gasteiger partial charge in [-0.3, -0.25) is 4.79 Å². The molecule has 21 heavy (non-hydrogen) atoms. The van der Waals surface area contributed by atoms with Crippen molar-refractivity contribution in [2.45, 2.75) is 12.7 Å². The molecule has 2 aromatic heterocycles. The van der Waals surface area contributed by atoms with Crippen molar-refractivity contribution >= 4 is 63.6 Å². The first-order chi connectivity index (χ1) is 9.97. The predicted octanol–water partition coefficient (Wildman–Crippen LogP) is 4.34. The maximum Gasteiger partial charge on any atom is 0.348 e. The zero-order valence-corrected chi connectivity index (χ0v) is 14.2. The van der Waals surface area contributed by atoms with Gasteiger partial charge >= 0.3 is 5.97 Å². The molecule has 0 fully saturated rings. The second-order valence-electron chi connectivity index (χ2n) is 4.17. The number of hydrogen-bond acceptors (Lipinski definition) is 5. The Morgan fingerprint density at radius 3 is 2.81 bits per heavy atom. The highest BCUT2D eigenvalue weighted by Gasteiger charge is 2.17. The summed E-state index contributed by atoms with van der Waals surface area (Å²) in [5.74, 6) is -0.251. The van der Waals surface area contributed by atoms with Gasteiger partial charge in [-0.05, 0) is 30.0 Å². The number of nitrogens with one attached hydrogen (secondary N) is 1. The lowest BCUT2D eigenvalue weighted by Gasteiger charge is -2.06. The minimum absolute atomic E-state index is 0.163. The molecule has 0 aliphatic rings. The summed E-state index contributed by atoms with van der Waals surface area (Å²) in [6, 6.07) is 3.76. The topological polar surface area (TPSA) is 66.4 Å². The number of carboxylic acids is 1. The van der Waals surface area contributed by atoms with Crippen molar-refractivity contribution < 1.29 is 14.7 Å². The minimum Gasteiger partial charge on any atom is -0.477 e. The number of rotatable bonds is 6. The van der Waals surface area contributed by atoms with Gasteiger partial charge in [-0.15, -0.1) is 34.4 Å². The van der Waals surface area contributed by atoms with Crippen LogP contribution in [0.5, 0.6) is 0 Å². The van der Waals surface area contributed by atoms with Crippen LogP contribution in [0.15, 0.2) is 17.5 Å². The Morgan fingerprint density at radius 2 is 2.19 bits per heavy atom. The number of aromatic carboxylic acids is 1. The Hall–Kier alpha value is -1.02. The van der Waals surface area contributed by atoms with Crippen molar-refractivity contribution in [1.29, 1.82) is 0 Å². The van der Waals surface area contributed by atoms with Crippen LogP contribution in [0, 0.1) is 6.92 Å². The van der Waals surface area contributed by atoms with Gasteiger partial charge in [0.25, 0.3) is 0 Å². The molecule has 2 aromatic rings. The van der Waals surface area contributed by atoms with E-state index in [-0.39, 0.29) is 16.5 Å². The van der Waals surface area contributed by atoms with E-state index in [9.17, 15) is 9.59 Å². The lowest BCUT2D eigenvalue weighted by molar-refractivity contribution is -0.113. The number of anilines is 1. The Labute approximate surface area is 139 Å². The van der Waals surface area contributed by atoms with Crippen molar-refractivity contribution in [3.05, 3.63) is 37.2 Å². The van der Waals surface area contributed by atoms with Crippen molar-refractivity contribution in [1.82, 2.24) is 0 Å². The number of thiophene rings is 2. The third-order valence-corrected chi connectivity index (χ3v) is 6.02. The second-order valence-corrected chi connectivity index (χ2v) is 7.84. The van der Waals surface area contributed by atoms with Crippen LogP contribution in [-0.4, -0.2) is 22.7 Å². The maximum absolute atomic E-state index is 11.9. The Kier molecular flexibility index (Phi) is 5.69. The third-order valence-electron chi connectivity index (χ3n) is 2.54. The number of amides is 1. The summed E-state index contributed by atoms with van der Waals surface area (Å²) >= 11 is 9.91. The van der Waals surface area contributed by atoms with E-state index in [1.165, 1.54) is 23.1 Å². The smallest absolute Gasteiger partial charge is 0.348 e.